The smallest absolute Gasteiger partial charge is 0.193 e. The van der Waals surface area contributed by atoms with Crippen LogP contribution in [0.15, 0.2) is 4.99 Å². The van der Waals surface area contributed by atoms with Gasteiger partial charge in [0.25, 0.3) is 0 Å². The van der Waals surface area contributed by atoms with Gasteiger partial charge < -0.3 is 24.6 Å². The van der Waals surface area contributed by atoms with Crippen LogP contribution >= 0.6 is 24.0 Å². The number of nitrogens with zero attached hydrogens (tertiary/aromatic N) is 3. The minimum absolute atomic E-state index is 0. The van der Waals surface area contributed by atoms with Crippen LogP contribution in [0.2, 0.25) is 0 Å². The van der Waals surface area contributed by atoms with Crippen molar-refractivity contribution in [1.82, 2.24) is 15.1 Å². The molecule has 2 heterocycles. The van der Waals surface area contributed by atoms with Gasteiger partial charge in [0.1, 0.15) is 0 Å². The number of hydrogen-bond donors (Lipinski definition) is 1. The number of likely N-dealkylation sites (N-methyl/N-ethyl adjacent to an activating group) is 1. The molecule has 0 aromatic rings. The van der Waals surface area contributed by atoms with Gasteiger partial charge in [-0.3, -0.25) is 4.99 Å². The van der Waals surface area contributed by atoms with Gasteiger partial charge in [0.05, 0.1) is 13.2 Å². The van der Waals surface area contributed by atoms with E-state index in [2.05, 4.69) is 27.2 Å². The molecule has 1 atom stereocenters. The normalized spacial score (nSPS) is 25.1. The predicted octanol–water partition coefficient (Wildman–Crippen LogP) is 0.870. The van der Waals surface area contributed by atoms with E-state index >= 15 is 0 Å². The molecule has 2 aliphatic heterocycles. The van der Waals surface area contributed by atoms with Crippen LogP contribution in [0.3, 0.4) is 0 Å². The molecule has 2 fully saturated rings. The fraction of sp³-hybridized carbons (Fsp3) is 0.933. The van der Waals surface area contributed by atoms with Gasteiger partial charge in [-0.1, -0.05) is 0 Å². The molecule has 0 aliphatic carbocycles. The van der Waals surface area contributed by atoms with E-state index < -0.39 is 0 Å². The summed E-state index contributed by atoms with van der Waals surface area (Å²) in [6.45, 7) is 7.64. The maximum absolute atomic E-state index is 5.59. The number of aliphatic imine (C=N–C) groups is 1. The lowest BCUT2D eigenvalue weighted by atomic mass is 9.87. The molecule has 6 nitrogen and oxygen atoms in total. The van der Waals surface area contributed by atoms with Crippen LogP contribution in [-0.4, -0.2) is 89.5 Å². The number of likely N-dealkylation sites (tertiary alicyclic amines) is 1. The lowest BCUT2D eigenvalue weighted by Crippen LogP contribution is -2.44. The number of rotatable bonds is 6. The van der Waals surface area contributed by atoms with Crippen molar-refractivity contribution in [2.75, 3.05) is 73.7 Å². The van der Waals surface area contributed by atoms with Crippen LogP contribution in [0.5, 0.6) is 0 Å². The summed E-state index contributed by atoms with van der Waals surface area (Å²) in [5.41, 5.74) is 0.382. The van der Waals surface area contributed by atoms with Crippen LogP contribution in [0, 0.1) is 5.41 Å². The van der Waals surface area contributed by atoms with Crippen molar-refractivity contribution in [3.05, 3.63) is 0 Å². The van der Waals surface area contributed by atoms with Crippen molar-refractivity contribution in [1.29, 1.82) is 0 Å². The zero-order chi connectivity index (χ0) is 15.1. The molecule has 1 unspecified atom stereocenters. The fourth-order valence-corrected chi connectivity index (χ4v) is 3.14. The van der Waals surface area contributed by atoms with Gasteiger partial charge in [-0.15, -0.1) is 24.0 Å². The minimum atomic E-state index is 0. The second-order valence-corrected chi connectivity index (χ2v) is 6.24. The average molecular weight is 426 g/mol. The molecule has 2 aliphatic rings. The lowest BCUT2D eigenvalue weighted by molar-refractivity contribution is 0.156. The Labute approximate surface area is 151 Å². The summed E-state index contributed by atoms with van der Waals surface area (Å²) in [4.78, 5) is 9.07. The first-order valence-electron chi connectivity index (χ1n) is 7.90. The van der Waals surface area contributed by atoms with Gasteiger partial charge in [0.15, 0.2) is 5.96 Å². The highest BCUT2D eigenvalue weighted by Gasteiger charge is 2.42. The van der Waals surface area contributed by atoms with E-state index in [1.165, 1.54) is 12.8 Å². The molecule has 2 saturated heterocycles. The Hall–Kier alpha value is -0.120. The third kappa shape index (κ3) is 5.50. The van der Waals surface area contributed by atoms with Gasteiger partial charge in [-0.25, -0.2) is 0 Å². The number of methoxy groups -OCH3 is 1. The zero-order valence-corrected chi connectivity index (χ0v) is 16.5. The molecule has 0 aromatic carbocycles. The van der Waals surface area contributed by atoms with Crippen LogP contribution in [0.25, 0.3) is 0 Å². The van der Waals surface area contributed by atoms with E-state index in [0.29, 0.717) is 5.41 Å². The Morgan fingerprint density at radius 3 is 2.86 bits per heavy atom. The van der Waals surface area contributed by atoms with E-state index in [1.807, 2.05) is 7.05 Å². The Kier molecular flexibility index (Phi) is 8.96. The van der Waals surface area contributed by atoms with Crippen molar-refractivity contribution in [3.8, 4) is 0 Å². The van der Waals surface area contributed by atoms with Crippen LogP contribution in [-0.2, 0) is 9.47 Å². The molecule has 130 valence electrons. The topological polar surface area (TPSA) is 49.3 Å². The zero-order valence-electron chi connectivity index (χ0n) is 14.1. The van der Waals surface area contributed by atoms with E-state index in [-0.39, 0.29) is 24.0 Å². The SMILES string of the molecule is CN=C(NCCN(C)CCOC)N1CCC2(CCOC2)C1.I. The molecule has 0 amide bonds. The number of hydrogen-bond acceptors (Lipinski definition) is 4. The molecular weight excluding hydrogens is 395 g/mol. The summed E-state index contributed by atoms with van der Waals surface area (Å²) in [7, 11) is 5.72. The van der Waals surface area contributed by atoms with Crippen molar-refractivity contribution in [2.45, 2.75) is 12.8 Å². The maximum Gasteiger partial charge on any atom is 0.193 e. The molecule has 0 radical (unpaired) electrons. The number of guanidine groups is 1. The second kappa shape index (κ2) is 9.89. The van der Waals surface area contributed by atoms with Crippen LogP contribution < -0.4 is 5.32 Å². The molecule has 2 rings (SSSR count). The van der Waals surface area contributed by atoms with Crippen molar-refractivity contribution in [2.24, 2.45) is 10.4 Å². The Morgan fingerprint density at radius 1 is 1.41 bits per heavy atom. The average Bonchev–Trinajstić information content (AvgIpc) is 3.12. The van der Waals surface area contributed by atoms with E-state index in [4.69, 9.17) is 9.47 Å². The first-order chi connectivity index (χ1) is 10.2. The fourth-order valence-electron chi connectivity index (χ4n) is 3.14. The Morgan fingerprint density at radius 2 is 2.23 bits per heavy atom. The van der Waals surface area contributed by atoms with E-state index in [1.54, 1.807) is 7.11 Å². The Balaban J connectivity index is 0.00000242. The summed E-state index contributed by atoms with van der Waals surface area (Å²) >= 11 is 0. The maximum atomic E-state index is 5.59. The highest BCUT2D eigenvalue weighted by molar-refractivity contribution is 14.0. The van der Waals surface area contributed by atoms with Crippen LogP contribution in [0.4, 0.5) is 0 Å². The number of nitrogens with one attached hydrogen (secondary N) is 1. The third-order valence-electron chi connectivity index (χ3n) is 4.59. The highest BCUT2D eigenvalue weighted by Crippen LogP contribution is 2.38. The summed E-state index contributed by atoms with van der Waals surface area (Å²) in [6.07, 6.45) is 2.42. The van der Waals surface area contributed by atoms with Gasteiger partial charge in [-0.2, -0.15) is 0 Å². The van der Waals surface area contributed by atoms with Crippen LogP contribution in [0.1, 0.15) is 12.8 Å². The summed E-state index contributed by atoms with van der Waals surface area (Å²) < 4.78 is 10.7. The first kappa shape index (κ1) is 19.9. The standard InChI is InChI=1S/C15H30N4O2.HI/c1-16-14(17-6-8-18(2)9-11-20-3)19-7-4-15(12-19)5-10-21-13-15;/h4-13H2,1-3H3,(H,16,17);1H. The monoisotopic (exact) mass is 426 g/mol. The highest BCUT2D eigenvalue weighted by atomic mass is 127. The minimum Gasteiger partial charge on any atom is -0.383 e. The lowest BCUT2D eigenvalue weighted by Gasteiger charge is -2.25. The van der Waals surface area contributed by atoms with Crippen molar-refractivity contribution in [3.63, 3.8) is 0 Å². The first-order valence-corrected chi connectivity index (χ1v) is 7.90. The second-order valence-electron chi connectivity index (χ2n) is 6.24. The number of ether oxygens (including phenoxy) is 2. The van der Waals surface area contributed by atoms with E-state index in [9.17, 15) is 0 Å². The third-order valence-corrected chi connectivity index (χ3v) is 4.59. The summed E-state index contributed by atoms with van der Waals surface area (Å²) in [5.74, 6) is 1.03. The molecule has 0 saturated carbocycles. The Bertz CT molecular complexity index is 348. The largest absolute Gasteiger partial charge is 0.383 e. The number of halogens is 1. The van der Waals surface area contributed by atoms with Gasteiger partial charge in [0.2, 0.25) is 0 Å². The molecule has 1 spiro atoms. The molecule has 7 heteroatoms. The van der Waals surface area contributed by atoms with Crippen molar-refractivity contribution < 1.29 is 9.47 Å². The molecule has 22 heavy (non-hydrogen) atoms. The molecular formula is C15H31IN4O2. The predicted molar refractivity (Wildman–Crippen MR) is 100 cm³/mol. The van der Waals surface area contributed by atoms with Gasteiger partial charge >= 0.3 is 0 Å². The quantitative estimate of drug-likeness (QED) is 0.388. The van der Waals surface area contributed by atoms with Crippen molar-refractivity contribution >= 4 is 29.9 Å². The van der Waals surface area contributed by atoms with E-state index in [0.717, 1.165) is 58.5 Å². The molecule has 0 bridgehead atoms. The molecule has 0 aromatic heterocycles. The molecule has 1 N–H and O–H groups in total. The summed E-state index contributed by atoms with van der Waals surface area (Å²) in [5, 5.41) is 3.48. The van der Waals surface area contributed by atoms with Gasteiger partial charge in [-0.05, 0) is 19.9 Å². The van der Waals surface area contributed by atoms with Gasteiger partial charge in [0, 0.05) is 58.9 Å². The summed E-state index contributed by atoms with van der Waals surface area (Å²) in [6, 6.07) is 0.